The fraction of sp³-hybridized carbons (Fsp3) is 0.880. The smallest absolute Gasteiger partial charge is 0.158 e. The van der Waals surface area contributed by atoms with Gasteiger partial charge >= 0.3 is 0 Å². The molecule has 0 spiro atoms. The molecule has 0 aromatic heterocycles. The van der Waals surface area contributed by atoms with E-state index in [2.05, 4.69) is 20.8 Å². The Morgan fingerprint density at radius 3 is 2.46 bits per heavy atom. The van der Waals surface area contributed by atoms with Crippen molar-refractivity contribution < 1.29 is 14.6 Å². The van der Waals surface area contributed by atoms with Gasteiger partial charge in [-0.15, -0.1) is 0 Å². The highest BCUT2D eigenvalue weighted by Crippen LogP contribution is 2.67. The summed E-state index contributed by atoms with van der Waals surface area (Å²) in [6.07, 6.45) is 14.5. The summed E-state index contributed by atoms with van der Waals surface area (Å²) in [6, 6.07) is 0. The van der Waals surface area contributed by atoms with Gasteiger partial charge in [0.2, 0.25) is 0 Å². The Labute approximate surface area is 170 Å². The molecule has 1 N–H and O–H groups in total. The molecular weight excluding hydrogens is 348 g/mol. The lowest BCUT2D eigenvalue weighted by Crippen LogP contribution is -2.57. The number of carbonyl (C=O) groups excluding carboxylic acids is 1. The van der Waals surface area contributed by atoms with E-state index in [0.717, 1.165) is 38.5 Å². The monoisotopic (exact) mass is 386 g/mol. The molecule has 5 aliphatic rings. The van der Waals surface area contributed by atoms with Gasteiger partial charge in [0.1, 0.15) is 0 Å². The van der Waals surface area contributed by atoms with Gasteiger partial charge in [-0.1, -0.05) is 32.3 Å². The Kier molecular flexibility index (Phi) is 4.42. The first-order valence-corrected chi connectivity index (χ1v) is 11.9. The number of hydrogen-bond donors (Lipinski definition) is 1. The van der Waals surface area contributed by atoms with Crippen LogP contribution in [0.2, 0.25) is 0 Å². The zero-order chi connectivity index (χ0) is 19.7. The topological polar surface area (TPSA) is 46.5 Å². The number of carbonyl (C=O) groups is 1. The van der Waals surface area contributed by atoms with Crippen LogP contribution in [-0.4, -0.2) is 28.7 Å². The minimum atomic E-state index is -0.526. The summed E-state index contributed by atoms with van der Waals surface area (Å²) in [6.45, 7) is 6.86. The molecule has 0 amide bonds. The quantitative estimate of drug-likeness (QED) is 0.709. The van der Waals surface area contributed by atoms with Crippen LogP contribution in [0.5, 0.6) is 0 Å². The van der Waals surface area contributed by atoms with Crippen LogP contribution in [0, 0.1) is 28.6 Å². The van der Waals surface area contributed by atoms with Crippen molar-refractivity contribution in [3.05, 3.63) is 11.6 Å². The summed E-state index contributed by atoms with van der Waals surface area (Å²) >= 11 is 0. The molecule has 5 aliphatic carbocycles. The molecule has 0 aliphatic heterocycles. The van der Waals surface area contributed by atoms with Crippen LogP contribution in [0.4, 0.5) is 0 Å². The first-order chi connectivity index (χ1) is 13.3. The average Bonchev–Trinajstić information content (AvgIpc) is 3.22. The Morgan fingerprint density at radius 1 is 1.00 bits per heavy atom. The van der Waals surface area contributed by atoms with Crippen LogP contribution < -0.4 is 0 Å². The van der Waals surface area contributed by atoms with Gasteiger partial charge in [-0.3, -0.25) is 4.79 Å². The first-order valence-electron chi connectivity index (χ1n) is 11.9. The Hall–Kier alpha value is -0.670. The number of hydrogen-bond acceptors (Lipinski definition) is 3. The summed E-state index contributed by atoms with van der Waals surface area (Å²) < 4.78 is 6.71. The van der Waals surface area contributed by atoms with Crippen LogP contribution in [0.3, 0.4) is 0 Å². The zero-order valence-corrected chi connectivity index (χ0v) is 18.0. The number of rotatable bonds is 2. The van der Waals surface area contributed by atoms with E-state index in [0.29, 0.717) is 30.3 Å². The number of aliphatic hydroxyl groups is 1. The lowest BCUT2D eigenvalue weighted by Gasteiger charge is -2.60. The van der Waals surface area contributed by atoms with Crippen molar-refractivity contribution in [3.8, 4) is 0 Å². The predicted molar refractivity (Wildman–Crippen MR) is 110 cm³/mol. The Balaban J connectivity index is 1.48. The van der Waals surface area contributed by atoms with Crippen molar-refractivity contribution >= 4 is 5.78 Å². The maximum Gasteiger partial charge on any atom is 0.158 e. The maximum atomic E-state index is 12.5. The van der Waals surface area contributed by atoms with Crippen LogP contribution in [0.25, 0.3) is 0 Å². The van der Waals surface area contributed by atoms with Crippen molar-refractivity contribution in [1.29, 1.82) is 0 Å². The minimum Gasteiger partial charge on any atom is -0.390 e. The molecule has 0 radical (unpaired) electrons. The highest BCUT2D eigenvalue weighted by atomic mass is 16.5. The second kappa shape index (κ2) is 6.41. The van der Waals surface area contributed by atoms with Gasteiger partial charge in [-0.25, -0.2) is 0 Å². The number of ketones is 1. The van der Waals surface area contributed by atoms with Crippen LogP contribution in [0.1, 0.15) is 91.4 Å². The second-order valence-electron chi connectivity index (χ2n) is 11.3. The van der Waals surface area contributed by atoms with Crippen molar-refractivity contribution in [2.45, 2.75) is 109 Å². The zero-order valence-electron chi connectivity index (χ0n) is 18.0. The fourth-order valence-electron chi connectivity index (χ4n) is 8.28. The van der Waals surface area contributed by atoms with Gasteiger partial charge in [0, 0.05) is 11.8 Å². The molecule has 28 heavy (non-hydrogen) atoms. The first kappa shape index (κ1) is 19.3. The van der Waals surface area contributed by atoms with E-state index < -0.39 is 5.60 Å². The molecule has 5 rings (SSSR count). The van der Waals surface area contributed by atoms with Crippen molar-refractivity contribution in [2.75, 3.05) is 0 Å². The molecule has 0 aromatic carbocycles. The molecule has 4 saturated carbocycles. The third-order valence-electron chi connectivity index (χ3n) is 10.3. The summed E-state index contributed by atoms with van der Waals surface area (Å²) in [5, 5.41) is 11.1. The van der Waals surface area contributed by atoms with Gasteiger partial charge in [0.15, 0.2) is 5.78 Å². The van der Waals surface area contributed by atoms with Gasteiger partial charge in [0.25, 0.3) is 0 Å². The van der Waals surface area contributed by atoms with Crippen molar-refractivity contribution in [2.24, 2.45) is 28.6 Å². The lowest BCUT2D eigenvalue weighted by atomic mass is 9.46. The average molecular weight is 387 g/mol. The predicted octanol–water partition coefficient (Wildman–Crippen LogP) is 5.21. The van der Waals surface area contributed by atoms with E-state index >= 15 is 0 Å². The standard InChI is InChI=1S/C25H38O3/c1-23-12-10-21-19(20(23)11-13-24(23,2)27)9-8-16-14-17(26)15-22(25(16,21)3)28-18-6-4-5-7-18/h14,18-22,27H,4-13,15H2,1-3H3/t19-,20-,21-,22?,23-,24+,25-/m0/s1. The van der Waals surface area contributed by atoms with Gasteiger partial charge < -0.3 is 9.84 Å². The maximum absolute atomic E-state index is 12.5. The van der Waals surface area contributed by atoms with E-state index in [1.807, 2.05) is 6.08 Å². The van der Waals surface area contributed by atoms with E-state index in [9.17, 15) is 9.90 Å². The Bertz CT molecular complexity index is 688. The largest absolute Gasteiger partial charge is 0.390 e. The second-order valence-corrected chi connectivity index (χ2v) is 11.3. The van der Waals surface area contributed by atoms with Crippen LogP contribution >= 0.6 is 0 Å². The third-order valence-corrected chi connectivity index (χ3v) is 10.3. The van der Waals surface area contributed by atoms with E-state index in [1.54, 1.807) is 0 Å². The molecule has 1 unspecified atom stereocenters. The third kappa shape index (κ3) is 2.57. The molecule has 0 aromatic rings. The summed E-state index contributed by atoms with van der Waals surface area (Å²) in [5.41, 5.74) is 0.913. The van der Waals surface area contributed by atoms with Gasteiger partial charge in [-0.05, 0) is 87.5 Å². The summed E-state index contributed by atoms with van der Waals surface area (Å²) in [5.74, 6) is 2.15. The summed E-state index contributed by atoms with van der Waals surface area (Å²) in [7, 11) is 0. The molecule has 3 heteroatoms. The number of ether oxygens (including phenoxy) is 1. The highest BCUT2D eigenvalue weighted by molar-refractivity contribution is 5.92. The van der Waals surface area contributed by atoms with Gasteiger partial charge in [-0.2, -0.15) is 0 Å². The van der Waals surface area contributed by atoms with E-state index in [4.69, 9.17) is 4.74 Å². The van der Waals surface area contributed by atoms with E-state index in [-0.39, 0.29) is 22.7 Å². The molecular formula is C25H38O3. The molecule has 0 bridgehead atoms. The molecule has 0 heterocycles. The van der Waals surface area contributed by atoms with Gasteiger partial charge in [0.05, 0.1) is 17.8 Å². The number of fused-ring (bicyclic) bond motifs is 5. The van der Waals surface area contributed by atoms with Crippen LogP contribution in [-0.2, 0) is 9.53 Å². The van der Waals surface area contributed by atoms with Crippen molar-refractivity contribution in [1.82, 2.24) is 0 Å². The SMILES string of the molecule is C[C@]12CC[C@H]3[C@@H](CCC4=CC(=O)CC(OC5CCCC5)[C@@]43C)[C@@H]1CC[C@@]2(C)O. The minimum absolute atomic E-state index is 0.00912. The summed E-state index contributed by atoms with van der Waals surface area (Å²) in [4.78, 5) is 12.5. The Morgan fingerprint density at radius 2 is 1.71 bits per heavy atom. The molecule has 7 atom stereocenters. The van der Waals surface area contributed by atoms with E-state index in [1.165, 1.54) is 31.3 Å². The fourth-order valence-corrected chi connectivity index (χ4v) is 8.28. The molecule has 0 saturated heterocycles. The highest BCUT2D eigenvalue weighted by Gasteiger charge is 2.64. The normalized spacial score (nSPS) is 51.4. The molecule has 156 valence electrons. The van der Waals surface area contributed by atoms with Crippen molar-refractivity contribution in [3.63, 3.8) is 0 Å². The molecule has 3 nitrogen and oxygen atoms in total. The molecule has 4 fully saturated rings. The lowest BCUT2D eigenvalue weighted by molar-refractivity contribution is -0.158. The van der Waals surface area contributed by atoms with Crippen LogP contribution in [0.15, 0.2) is 11.6 Å².